The van der Waals surface area contributed by atoms with Crippen molar-refractivity contribution < 1.29 is 9.53 Å². The SMILES string of the molecule is C=Cc1c(Br)cncc1C(=O)OC. The third kappa shape index (κ3) is 1.95. The van der Waals surface area contributed by atoms with Crippen LogP contribution in [0.1, 0.15) is 15.9 Å². The first-order valence-electron chi connectivity index (χ1n) is 3.55. The minimum absolute atomic E-state index is 0.409. The molecule has 0 atom stereocenters. The third-order valence-corrected chi connectivity index (χ3v) is 2.18. The summed E-state index contributed by atoms with van der Waals surface area (Å²) in [6, 6.07) is 0. The fraction of sp³-hybridized carbons (Fsp3) is 0.111. The maximum Gasteiger partial charge on any atom is 0.340 e. The van der Waals surface area contributed by atoms with Crippen LogP contribution in [0, 0.1) is 0 Å². The van der Waals surface area contributed by atoms with Gasteiger partial charge in [-0.15, -0.1) is 0 Å². The van der Waals surface area contributed by atoms with Crippen LogP contribution in [-0.4, -0.2) is 18.1 Å². The number of hydrogen-bond donors (Lipinski definition) is 0. The lowest BCUT2D eigenvalue weighted by Gasteiger charge is -2.04. The second-order valence-electron chi connectivity index (χ2n) is 2.28. The molecule has 0 aliphatic heterocycles. The Labute approximate surface area is 84.6 Å². The first-order chi connectivity index (χ1) is 6.20. The smallest absolute Gasteiger partial charge is 0.340 e. The molecular formula is C9H8BrNO2. The number of rotatable bonds is 2. The highest BCUT2D eigenvalue weighted by Gasteiger charge is 2.11. The number of esters is 1. The first kappa shape index (κ1) is 9.92. The molecule has 0 bridgehead atoms. The van der Waals surface area contributed by atoms with Gasteiger partial charge in [0.1, 0.15) is 0 Å². The number of hydrogen-bond acceptors (Lipinski definition) is 3. The van der Waals surface area contributed by atoms with Crippen LogP contribution in [0.4, 0.5) is 0 Å². The molecule has 1 rings (SSSR count). The van der Waals surface area contributed by atoms with Gasteiger partial charge in [0.15, 0.2) is 0 Å². The molecule has 68 valence electrons. The molecule has 0 spiro atoms. The zero-order valence-corrected chi connectivity index (χ0v) is 8.67. The highest BCUT2D eigenvalue weighted by molar-refractivity contribution is 9.10. The summed E-state index contributed by atoms with van der Waals surface area (Å²) in [5.74, 6) is -0.413. The van der Waals surface area contributed by atoms with E-state index in [-0.39, 0.29) is 0 Å². The van der Waals surface area contributed by atoms with E-state index >= 15 is 0 Å². The van der Waals surface area contributed by atoms with Gasteiger partial charge in [-0.25, -0.2) is 4.79 Å². The van der Waals surface area contributed by atoms with Gasteiger partial charge < -0.3 is 4.74 Å². The van der Waals surface area contributed by atoms with Gasteiger partial charge in [0.05, 0.1) is 12.7 Å². The van der Waals surface area contributed by atoms with Crippen LogP contribution in [0.5, 0.6) is 0 Å². The first-order valence-corrected chi connectivity index (χ1v) is 4.34. The lowest BCUT2D eigenvalue weighted by atomic mass is 10.1. The molecule has 1 aromatic rings. The lowest BCUT2D eigenvalue weighted by molar-refractivity contribution is 0.0600. The van der Waals surface area contributed by atoms with E-state index in [9.17, 15) is 4.79 Å². The van der Waals surface area contributed by atoms with Crippen LogP contribution in [0.15, 0.2) is 23.4 Å². The summed E-state index contributed by atoms with van der Waals surface area (Å²) in [6.07, 6.45) is 4.63. The molecule has 0 aliphatic carbocycles. The Morgan fingerprint density at radius 2 is 2.38 bits per heavy atom. The van der Waals surface area contributed by atoms with Gasteiger partial charge in [0.25, 0.3) is 0 Å². The monoisotopic (exact) mass is 241 g/mol. The van der Waals surface area contributed by atoms with Gasteiger partial charge in [0, 0.05) is 22.4 Å². The average Bonchev–Trinajstić information content (AvgIpc) is 2.16. The van der Waals surface area contributed by atoms with E-state index in [0.29, 0.717) is 11.1 Å². The quantitative estimate of drug-likeness (QED) is 0.746. The Bertz CT molecular complexity index is 349. The molecule has 0 aromatic carbocycles. The number of pyridine rings is 1. The van der Waals surface area contributed by atoms with Crippen LogP contribution in [0.2, 0.25) is 0 Å². The number of methoxy groups -OCH3 is 1. The van der Waals surface area contributed by atoms with Gasteiger partial charge in [0.2, 0.25) is 0 Å². The van der Waals surface area contributed by atoms with E-state index in [0.717, 1.165) is 4.47 Å². The van der Waals surface area contributed by atoms with Crippen molar-refractivity contribution >= 4 is 28.0 Å². The summed E-state index contributed by atoms with van der Waals surface area (Å²) >= 11 is 3.26. The second-order valence-corrected chi connectivity index (χ2v) is 3.13. The highest BCUT2D eigenvalue weighted by Crippen LogP contribution is 2.20. The van der Waals surface area contributed by atoms with Crippen molar-refractivity contribution in [3.63, 3.8) is 0 Å². The van der Waals surface area contributed by atoms with Crippen LogP contribution in [-0.2, 0) is 4.74 Å². The predicted molar refractivity (Wildman–Crippen MR) is 53.4 cm³/mol. The van der Waals surface area contributed by atoms with E-state index in [2.05, 4.69) is 32.2 Å². The average molecular weight is 242 g/mol. The van der Waals surface area contributed by atoms with Crippen molar-refractivity contribution in [3.05, 3.63) is 34.6 Å². The van der Waals surface area contributed by atoms with E-state index in [4.69, 9.17) is 0 Å². The standard InChI is InChI=1S/C9H8BrNO2/c1-3-6-7(9(12)13-2)4-11-5-8(6)10/h3-5H,1H2,2H3. The summed E-state index contributed by atoms with van der Waals surface area (Å²) in [4.78, 5) is 15.1. The number of carbonyl (C=O) groups excluding carboxylic acids is 1. The fourth-order valence-corrected chi connectivity index (χ4v) is 1.42. The molecule has 0 radical (unpaired) electrons. The van der Waals surface area contributed by atoms with Gasteiger partial charge in [-0.3, -0.25) is 4.98 Å². The number of nitrogens with zero attached hydrogens (tertiary/aromatic N) is 1. The Kier molecular flexibility index (Phi) is 3.19. The minimum atomic E-state index is -0.413. The Morgan fingerprint density at radius 3 is 2.92 bits per heavy atom. The number of halogens is 1. The Morgan fingerprint density at radius 1 is 1.69 bits per heavy atom. The van der Waals surface area contributed by atoms with Gasteiger partial charge in [-0.2, -0.15) is 0 Å². The van der Waals surface area contributed by atoms with Crippen LogP contribution in [0.3, 0.4) is 0 Å². The zero-order valence-electron chi connectivity index (χ0n) is 7.08. The fourth-order valence-electron chi connectivity index (χ4n) is 0.925. The molecule has 0 aliphatic rings. The summed E-state index contributed by atoms with van der Waals surface area (Å²) in [6.45, 7) is 3.60. The molecule has 0 saturated carbocycles. The Hall–Kier alpha value is -1.16. The van der Waals surface area contributed by atoms with Crippen molar-refractivity contribution in [3.8, 4) is 0 Å². The van der Waals surface area contributed by atoms with Crippen molar-refractivity contribution in [2.24, 2.45) is 0 Å². The number of carbonyl (C=O) groups is 1. The minimum Gasteiger partial charge on any atom is -0.465 e. The molecule has 13 heavy (non-hydrogen) atoms. The maximum absolute atomic E-state index is 11.2. The highest BCUT2D eigenvalue weighted by atomic mass is 79.9. The van der Waals surface area contributed by atoms with Crippen molar-refractivity contribution in [1.82, 2.24) is 4.98 Å². The molecule has 1 heterocycles. The molecule has 0 N–H and O–H groups in total. The molecule has 0 fully saturated rings. The van der Waals surface area contributed by atoms with Crippen LogP contribution < -0.4 is 0 Å². The maximum atomic E-state index is 11.2. The number of ether oxygens (including phenoxy) is 1. The molecule has 3 nitrogen and oxygen atoms in total. The topological polar surface area (TPSA) is 39.2 Å². The molecule has 0 saturated heterocycles. The normalized spacial score (nSPS) is 9.38. The van der Waals surface area contributed by atoms with Crippen LogP contribution in [0.25, 0.3) is 6.08 Å². The number of aromatic nitrogens is 1. The van der Waals surface area contributed by atoms with Gasteiger partial charge in [-0.1, -0.05) is 12.7 Å². The molecule has 0 unspecified atom stereocenters. The lowest BCUT2D eigenvalue weighted by Crippen LogP contribution is -2.04. The van der Waals surface area contributed by atoms with Crippen molar-refractivity contribution in [2.75, 3.05) is 7.11 Å². The zero-order chi connectivity index (χ0) is 9.84. The van der Waals surface area contributed by atoms with Crippen molar-refractivity contribution in [1.29, 1.82) is 0 Å². The van der Waals surface area contributed by atoms with E-state index in [1.54, 1.807) is 12.3 Å². The molecular weight excluding hydrogens is 234 g/mol. The molecule has 1 aromatic heterocycles. The van der Waals surface area contributed by atoms with E-state index in [1.807, 2.05) is 0 Å². The summed E-state index contributed by atoms with van der Waals surface area (Å²) < 4.78 is 5.31. The summed E-state index contributed by atoms with van der Waals surface area (Å²) in [7, 11) is 1.33. The van der Waals surface area contributed by atoms with E-state index in [1.165, 1.54) is 13.3 Å². The largest absolute Gasteiger partial charge is 0.465 e. The summed E-state index contributed by atoms with van der Waals surface area (Å²) in [5.41, 5.74) is 1.11. The molecule has 4 heteroatoms. The third-order valence-electron chi connectivity index (χ3n) is 1.55. The van der Waals surface area contributed by atoms with Gasteiger partial charge in [-0.05, 0) is 15.9 Å². The predicted octanol–water partition coefficient (Wildman–Crippen LogP) is 2.27. The Balaban J connectivity index is 3.28. The van der Waals surface area contributed by atoms with E-state index < -0.39 is 5.97 Å². The van der Waals surface area contributed by atoms with Crippen molar-refractivity contribution in [2.45, 2.75) is 0 Å². The molecule has 0 amide bonds. The van der Waals surface area contributed by atoms with Crippen LogP contribution >= 0.6 is 15.9 Å². The van der Waals surface area contributed by atoms with Gasteiger partial charge >= 0.3 is 5.97 Å². The summed E-state index contributed by atoms with van der Waals surface area (Å²) in [5, 5.41) is 0. The second kappa shape index (κ2) is 4.18.